The van der Waals surface area contributed by atoms with E-state index in [0.717, 1.165) is 0 Å². The number of rotatable bonds is 4. The molecule has 1 saturated heterocycles. The molecule has 18 heavy (non-hydrogen) atoms. The molecule has 0 spiro atoms. The van der Waals surface area contributed by atoms with Crippen molar-refractivity contribution in [2.45, 2.75) is 31.9 Å². The summed E-state index contributed by atoms with van der Waals surface area (Å²) in [6, 6.07) is 0. The van der Waals surface area contributed by atoms with Gasteiger partial charge in [0.1, 0.15) is 5.75 Å². The highest BCUT2D eigenvalue weighted by molar-refractivity contribution is 7.92. The number of carbonyl (C=O) groups is 2. The minimum absolute atomic E-state index is 0.323. The Labute approximate surface area is 107 Å². The van der Waals surface area contributed by atoms with E-state index in [2.05, 4.69) is 0 Å². The molecule has 6 nitrogen and oxygen atoms in total. The quantitative estimate of drug-likeness (QED) is 0.788. The second kappa shape index (κ2) is 5.69. The average Bonchev–Trinajstić information content (AvgIpc) is 2.28. The molecule has 0 radical (unpaired) electrons. The predicted molar refractivity (Wildman–Crippen MR) is 65.9 cm³/mol. The first-order valence-electron chi connectivity index (χ1n) is 5.96. The first-order chi connectivity index (χ1) is 8.24. The van der Waals surface area contributed by atoms with E-state index in [1.165, 1.54) is 4.90 Å². The number of sulfone groups is 1. The SMILES string of the molecule is CC(C)S(=O)(=O)CC(=O)N1CCC(C(=O)O)CC1. The molecule has 104 valence electrons. The molecule has 1 rings (SSSR count). The molecule has 0 aromatic carbocycles. The second-order valence-corrected chi connectivity index (χ2v) is 7.41. The van der Waals surface area contributed by atoms with Crippen LogP contribution in [0, 0.1) is 5.92 Å². The van der Waals surface area contributed by atoms with Gasteiger partial charge in [-0.3, -0.25) is 9.59 Å². The topological polar surface area (TPSA) is 91.8 Å². The van der Waals surface area contributed by atoms with Gasteiger partial charge in [0.05, 0.1) is 11.2 Å². The highest BCUT2D eigenvalue weighted by Crippen LogP contribution is 2.17. The fourth-order valence-electron chi connectivity index (χ4n) is 1.81. The molecule has 1 heterocycles. The lowest BCUT2D eigenvalue weighted by Gasteiger charge is -2.30. The zero-order chi connectivity index (χ0) is 13.9. The van der Waals surface area contributed by atoms with E-state index in [9.17, 15) is 18.0 Å². The normalized spacial score (nSPS) is 18.1. The first kappa shape index (κ1) is 14.9. The van der Waals surface area contributed by atoms with Gasteiger partial charge in [0.25, 0.3) is 0 Å². The van der Waals surface area contributed by atoms with Crippen molar-refractivity contribution in [1.82, 2.24) is 4.90 Å². The lowest BCUT2D eigenvalue weighted by Crippen LogP contribution is -2.43. The standard InChI is InChI=1S/C11H19NO5S/c1-8(2)18(16,17)7-10(13)12-5-3-9(4-6-12)11(14)15/h8-9H,3-7H2,1-2H3,(H,14,15). The molecule has 1 N–H and O–H groups in total. The average molecular weight is 277 g/mol. The molecule has 0 atom stereocenters. The Kier molecular flexibility index (Phi) is 4.72. The third-order valence-electron chi connectivity index (χ3n) is 3.24. The van der Waals surface area contributed by atoms with E-state index >= 15 is 0 Å². The first-order valence-corrected chi connectivity index (χ1v) is 7.67. The van der Waals surface area contributed by atoms with E-state index in [1.807, 2.05) is 0 Å². The van der Waals surface area contributed by atoms with Crippen molar-refractivity contribution >= 4 is 21.7 Å². The molecule has 1 aliphatic rings. The number of amides is 1. The van der Waals surface area contributed by atoms with Crippen molar-refractivity contribution in [3.8, 4) is 0 Å². The maximum atomic E-state index is 11.8. The number of likely N-dealkylation sites (tertiary alicyclic amines) is 1. The maximum absolute atomic E-state index is 11.8. The van der Waals surface area contributed by atoms with Gasteiger partial charge in [-0.1, -0.05) is 0 Å². The Morgan fingerprint density at radius 3 is 2.17 bits per heavy atom. The summed E-state index contributed by atoms with van der Waals surface area (Å²) >= 11 is 0. The Balaban J connectivity index is 2.54. The molecule has 1 aliphatic heterocycles. The zero-order valence-corrected chi connectivity index (χ0v) is 11.4. The Morgan fingerprint density at radius 1 is 1.28 bits per heavy atom. The highest BCUT2D eigenvalue weighted by Gasteiger charge is 2.29. The van der Waals surface area contributed by atoms with Crippen LogP contribution in [0.25, 0.3) is 0 Å². The van der Waals surface area contributed by atoms with Crippen molar-refractivity contribution in [2.24, 2.45) is 5.92 Å². The Morgan fingerprint density at radius 2 is 1.78 bits per heavy atom. The predicted octanol–water partition coefficient (Wildman–Crippen LogP) is 0.133. The number of hydrogen-bond acceptors (Lipinski definition) is 4. The van der Waals surface area contributed by atoms with Crippen LogP contribution in [-0.4, -0.2) is 54.4 Å². The molecule has 0 bridgehead atoms. The fraction of sp³-hybridized carbons (Fsp3) is 0.818. The van der Waals surface area contributed by atoms with Gasteiger partial charge in [0.2, 0.25) is 5.91 Å². The summed E-state index contributed by atoms with van der Waals surface area (Å²) in [7, 11) is -3.38. The van der Waals surface area contributed by atoms with Gasteiger partial charge >= 0.3 is 5.97 Å². The van der Waals surface area contributed by atoms with E-state index in [-0.39, 0.29) is 0 Å². The number of carbonyl (C=O) groups excluding carboxylic acids is 1. The summed E-state index contributed by atoms with van der Waals surface area (Å²) in [4.78, 5) is 24.0. The molecule has 0 aliphatic carbocycles. The van der Waals surface area contributed by atoms with Gasteiger partial charge < -0.3 is 10.0 Å². The third kappa shape index (κ3) is 3.69. The summed E-state index contributed by atoms with van der Waals surface area (Å²) in [5.41, 5.74) is 0. The van der Waals surface area contributed by atoms with Crippen LogP contribution in [0.1, 0.15) is 26.7 Å². The van der Waals surface area contributed by atoms with Crippen molar-refractivity contribution < 1.29 is 23.1 Å². The van der Waals surface area contributed by atoms with Crippen molar-refractivity contribution in [2.75, 3.05) is 18.8 Å². The van der Waals surface area contributed by atoms with Crippen LogP contribution in [0.3, 0.4) is 0 Å². The number of aliphatic carboxylic acids is 1. The van der Waals surface area contributed by atoms with E-state index < -0.39 is 38.6 Å². The number of piperidine rings is 1. The summed E-state index contributed by atoms with van der Waals surface area (Å²) in [6.45, 7) is 3.73. The zero-order valence-electron chi connectivity index (χ0n) is 10.6. The van der Waals surface area contributed by atoms with Crippen LogP contribution < -0.4 is 0 Å². The van der Waals surface area contributed by atoms with E-state index in [4.69, 9.17) is 5.11 Å². The van der Waals surface area contributed by atoms with Crippen LogP contribution in [0.2, 0.25) is 0 Å². The largest absolute Gasteiger partial charge is 0.481 e. The Hall–Kier alpha value is -1.11. The lowest BCUT2D eigenvalue weighted by atomic mass is 9.97. The highest BCUT2D eigenvalue weighted by atomic mass is 32.2. The lowest BCUT2D eigenvalue weighted by molar-refractivity contribution is -0.145. The van der Waals surface area contributed by atoms with E-state index in [1.54, 1.807) is 13.8 Å². The van der Waals surface area contributed by atoms with Crippen LogP contribution in [0.15, 0.2) is 0 Å². The summed E-state index contributed by atoms with van der Waals surface area (Å²) in [5, 5.41) is 8.25. The molecule has 1 fully saturated rings. The summed E-state index contributed by atoms with van der Waals surface area (Å²) in [5.74, 6) is -2.18. The summed E-state index contributed by atoms with van der Waals surface area (Å²) in [6.07, 6.45) is 0.783. The maximum Gasteiger partial charge on any atom is 0.306 e. The molecule has 1 amide bonds. The third-order valence-corrected chi connectivity index (χ3v) is 5.33. The Bertz CT molecular complexity index is 421. The van der Waals surface area contributed by atoms with Gasteiger partial charge in [0, 0.05) is 13.1 Å². The molecule has 0 aromatic heterocycles. The molecule has 7 heteroatoms. The minimum Gasteiger partial charge on any atom is -0.481 e. The number of carboxylic acid groups (broad SMARTS) is 1. The minimum atomic E-state index is -3.38. The number of carboxylic acids is 1. The second-order valence-electron chi connectivity index (χ2n) is 4.85. The summed E-state index contributed by atoms with van der Waals surface area (Å²) < 4.78 is 23.2. The molecular weight excluding hydrogens is 258 g/mol. The van der Waals surface area contributed by atoms with Gasteiger partial charge in [-0.05, 0) is 26.7 Å². The molecule has 0 unspecified atom stereocenters. The van der Waals surface area contributed by atoms with Gasteiger partial charge in [-0.25, -0.2) is 8.42 Å². The van der Waals surface area contributed by atoms with Gasteiger partial charge in [0.15, 0.2) is 9.84 Å². The van der Waals surface area contributed by atoms with Crippen molar-refractivity contribution in [3.05, 3.63) is 0 Å². The number of hydrogen-bond donors (Lipinski definition) is 1. The molecule has 0 aromatic rings. The van der Waals surface area contributed by atoms with Crippen LogP contribution in [-0.2, 0) is 19.4 Å². The van der Waals surface area contributed by atoms with Gasteiger partial charge in [-0.15, -0.1) is 0 Å². The van der Waals surface area contributed by atoms with Crippen molar-refractivity contribution in [3.63, 3.8) is 0 Å². The van der Waals surface area contributed by atoms with Crippen LogP contribution >= 0.6 is 0 Å². The van der Waals surface area contributed by atoms with Gasteiger partial charge in [-0.2, -0.15) is 0 Å². The van der Waals surface area contributed by atoms with Crippen LogP contribution in [0.5, 0.6) is 0 Å². The van der Waals surface area contributed by atoms with E-state index in [0.29, 0.717) is 25.9 Å². The van der Waals surface area contributed by atoms with Crippen LogP contribution in [0.4, 0.5) is 0 Å². The number of nitrogens with zero attached hydrogens (tertiary/aromatic N) is 1. The molecule has 0 saturated carbocycles. The monoisotopic (exact) mass is 277 g/mol. The molecular formula is C11H19NO5S. The van der Waals surface area contributed by atoms with Crippen molar-refractivity contribution in [1.29, 1.82) is 0 Å². The fourth-order valence-corrected chi connectivity index (χ4v) is 2.67. The smallest absolute Gasteiger partial charge is 0.306 e.